The monoisotopic (exact) mass is 306 g/mol. The van der Waals surface area contributed by atoms with Crippen LogP contribution >= 0.6 is 34.8 Å². The molecule has 0 bridgehead atoms. The van der Waals surface area contributed by atoms with Crippen molar-refractivity contribution >= 4 is 46.4 Å². The fourth-order valence-electron chi connectivity index (χ4n) is 1.95. The number of amides is 1. The summed E-state index contributed by atoms with van der Waals surface area (Å²) in [4.78, 5) is 12.0. The average Bonchev–Trinajstić information content (AvgIpc) is 2.34. The van der Waals surface area contributed by atoms with Gasteiger partial charge in [-0.25, -0.2) is 0 Å². The Morgan fingerprint density at radius 1 is 1.22 bits per heavy atom. The molecular weight excluding hydrogens is 295 g/mol. The highest BCUT2D eigenvalue weighted by molar-refractivity contribution is 6.42. The smallest absolute Gasteiger partial charge is 0.241 e. The van der Waals surface area contributed by atoms with E-state index in [1.165, 1.54) is 0 Å². The van der Waals surface area contributed by atoms with E-state index in [1.807, 2.05) is 0 Å². The number of nitrogens with one attached hydrogen (secondary N) is 2. The minimum absolute atomic E-state index is 0.110. The van der Waals surface area contributed by atoms with Gasteiger partial charge in [-0.1, -0.05) is 41.2 Å². The molecule has 0 aliphatic carbocycles. The van der Waals surface area contributed by atoms with Gasteiger partial charge < -0.3 is 10.6 Å². The van der Waals surface area contributed by atoms with E-state index in [9.17, 15) is 4.79 Å². The first kappa shape index (κ1) is 13.9. The molecule has 1 amide bonds. The summed E-state index contributed by atoms with van der Waals surface area (Å²) < 4.78 is 0. The van der Waals surface area contributed by atoms with Crippen LogP contribution in [0.15, 0.2) is 12.1 Å². The lowest BCUT2D eigenvalue weighted by molar-refractivity contribution is -0.118. The second-order valence-electron chi connectivity index (χ2n) is 4.24. The molecule has 1 aliphatic heterocycles. The first-order valence-electron chi connectivity index (χ1n) is 5.76. The Morgan fingerprint density at radius 2 is 1.89 bits per heavy atom. The van der Waals surface area contributed by atoms with E-state index in [0.717, 1.165) is 25.8 Å². The average molecular weight is 308 g/mol. The van der Waals surface area contributed by atoms with Crippen LogP contribution in [0.3, 0.4) is 0 Å². The minimum Gasteiger partial charge on any atom is -0.322 e. The Balaban J connectivity index is 2.11. The Hall–Kier alpha value is -0.480. The zero-order chi connectivity index (χ0) is 13.1. The van der Waals surface area contributed by atoms with Gasteiger partial charge in [0.2, 0.25) is 5.91 Å². The summed E-state index contributed by atoms with van der Waals surface area (Å²) in [6, 6.07) is 2.93. The van der Waals surface area contributed by atoms with Gasteiger partial charge >= 0.3 is 0 Å². The van der Waals surface area contributed by atoms with Crippen LogP contribution in [0, 0.1) is 0 Å². The van der Waals surface area contributed by atoms with E-state index in [1.54, 1.807) is 12.1 Å². The summed E-state index contributed by atoms with van der Waals surface area (Å²) in [5, 5.41) is 7.05. The third-order valence-corrected chi connectivity index (χ3v) is 3.70. The third-order valence-electron chi connectivity index (χ3n) is 2.88. The normalized spacial score (nSPS) is 19.6. The Labute approximate surface area is 121 Å². The van der Waals surface area contributed by atoms with Crippen molar-refractivity contribution in [3.8, 4) is 0 Å². The van der Waals surface area contributed by atoms with Gasteiger partial charge in [-0.3, -0.25) is 4.79 Å². The second kappa shape index (κ2) is 6.11. The van der Waals surface area contributed by atoms with Crippen LogP contribution in [0.25, 0.3) is 0 Å². The van der Waals surface area contributed by atoms with Gasteiger partial charge in [0.25, 0.3) is 0 Å². The van der Waals surface area contributed by atoms with Gasteiger partial charge in [-0.05, 0) is 31.5 Å². The highest BCUT2D eigenvalue weighted by Gasteiger charge is 2.22. The van der Waals surface area contributed by atoms with Gasteiger partial charge in [0.1, 0.15) is 0 Å². The molecule has 0 radical (unpaired) electrons. The largest absolute Gasteiger partial charge is 0.322 e. The Bertz CT molecular complexity index is 436. The van der Waals surface area contributed by atoms with Crippen LogP contribution in [-0.2, 0) is 4.79 Å². The zero-order valence-electron chi connectivity index (χ0n) is 9.60. The molecular formula is C12H13Cl3N2O. The molecule has 0 unspecified atom stereocenters. The molecule has 3 nitrogen and oxygen atoms in total. The molecule has 0 saturated carbocycles. The first-order valence-corrected chi connectivity index (χ1v) is 6.90. The summed E-state index contributed by atoms with van der Waals surface area (Å²) in [6.45, 7) is 0.861. The van der Waals surface area contributed by atoms with E-state index in [2.05, 4.69) is 10.6 Å². The van der Waals surface area contributed by atoms with E-state index in [0.29, 0.717) is 20.8 Å². The number of carbonyl (C=O) groups is 1. The maximum atomic E-state index is 12.0. The summed E-state index contributed by atoms with van der Waals surface area (Å²) in [5.41, 5.74) is 0.417. The van der Waals surface area contributed by atoms with Crippen LogP contribution < -0.4 is 10.6 Å². The fourth-order valence-corrected chi connectivity index (χ4v) is 2.86. The number of benzene rings is 1. The summed E-state index contributed by atoms with van der Waals surface area (Å²) in [7, 11) is 0. The van der Waals surface area contributed by atoms with Crippen LogP contribution in [-0.4, -0.2) is 18.5 Å². The van der Waals surface area contributed by atoms with Crippen LogP contribution in [0.5, 0.6) is 0 Å². The van der Waals surface area contributed by atoms with Crippen molar-refractivity contribution in [1.29, 1.82) is 0 Å². The lowest BCUT2D eigenvalue weighted by Crippen LogP contribution is -2.43. The van der Waals surface area contributed by atoms with Gasteiger partial charge in [-0.15, -0.1) is 0 Å². The number of hydrogen-bond donors (Lipinski definition) is 2. The molecule has 0 spiro atoms. The molecule has 0 aromatic heterocycles. The van der Waals surface area contributed by atoms with Crippen molar-refractivity contribution < 1.29 is 4.79 Å². The minimum atomic E-state index is -0.179. The molecule has 2 rings (SSSR count). The van der Waals surface area contributed by atoms with Crippen molar-refractivity contribution in [2.75, 3.05) is 11.9 Å². The third kappa shape index (κ3) is 3.29. The molecule has 1 aromatic rings. The van der Waals surface area contributed by atoms with E-state index < -0.39 is 0 Å². The fraction of sp³-hybridized carbons (Fsp3) is 0.417. The number of hydrogen-bond acceptors (Lipinski definition) is 2. The lowest BCUT2D eigenvalue weighted by Gasteiger charge is -2.23. The van der Waals surface area contributed by atoms with Gasteiger partial charge in [0, 0.05) is 5.02 Å². The standard InChI is InChI=1S/C12H13Cl3N2O/c13-7-5-8(14)11(9(15)6-7)17-12(18)10-3-1-2-4-16-10/h5-6,10,16H,1-4H2,(H,17,18)/t10-/m1/s1. The molecule has 1 atom stereocenters. The highest BCUT2D eigenvalue weighted by Crippen LogP contribution is 2.33. The predicted molar refractivity (Wildman–Crippen MR) is 75.7 cm³/mol. The van der Waals surface area contributed by atoms with Crippen molar-refractivity contribution in [3.05, 3.63) is 27.2 Å². The number of anilines is 1. The van der Waals surface area contributed by atoms with Gasteiger partial charge in [-0.2, -0.15) is 0 Å². The number of carbonyl (C=O) groups excluding carboxylic acids is 1. The summed E-state index contributed by atoms with van der Waals surface area (Å²) >= 11 is 17.8. The van der Waals surface area contributed by atoms with Crippen molar-refractivity contribution in [2.45, 2.75) is 25.3 Å². The van der Waals surface area contributed by atoms with Gasteiger partial charge in [0.05, 0.1) is 21.8 Å². The second-order valence-corrected chi connectivity index (χ2v) is 5.49. The molecule has 2 N–H and O–H groups in total. The molecule has 1 heterocycles. The maximum absolute atomic E-state index is 12.0. The van der Waals surface area contributed by atoms with Crippen molar-refractivity contribution in [2.24, 2.45) is 0 Å². The Morgan fingerprint density at radius 3 is 2.44 bits per heavy atom. The predicted octanol–water partition coefficient (Wildman–Crippen LogP) is 3.73. The quantitative estimate of drug-likeness (QED) is 0.874. The lowest BCUT2D eigenvalue weighted by atomic mass is 10.0. The van der Waals surface area contributed by atoms with Crippen LogP contribution in [0.2, 0.25) is 15.1 Å². The van der Waals surface area contributed by atoms with Crippen molar-refractivity contribution in [3.63, 3.8) is 0 Å². The van der Waals surface area contributed by atoms with Gasteiger partial charge in [0.15, 0.2) is 0 Å². The number of halogens is 3. The summed E-state index contributed by atoms with van der Waals surface area (Å²) in [5.74, 6) is -0.110. The first-order chi connectivity index (χ1) is 8.58. The number of piperidine rings is 1. The van der Waals surface area contributed by atoms with E-state index in [-0.39, 0.29) is 11.9 Å². The molecule has 1 fully saturated rings. The zero-order valence-corrected chi connectivity index (χ0v) is 11.9. The van der Waals surface area contributed by atoms with E-state index >= 15 is 0 Å². The Kier molecular flexibility index (Phi) is 4.73. The SMILES string of the molecule is O=C(Nc1c(Cl)cc(Cl)cc1Cl)[C@H]1CCCCN1. The van der Waals surface area contributed by atoms with Crippen LogP contribution in [0.4, 0.5) is 5.69 Å². The van der Waals surface area contributed by atoms with E-state index in [4.69, 9.17) is 34.8 Å². The number of rotatable bonds is 2. The topological polar surface area (TPSA) is 41.1 Å². The molecule has 1 aliphatic rings. The molecule has 18 heavy (non-hydrogen) atoms. The summed E-state index contributed by atoms with van der Waals surface area (Å²) in [6.07, 6.45) is 2.98. The maximum Gasteiger partial charge on any atom is 0.241 e. The molecule has 1 aromatic carbocycles. The highest BCUT2D eigenvalue weighted by atomic mass is 35.5. The van der Waals surface area contributed by atoms with Crippen molar-refractivity contribution in [1.82, 2.24) is 5.32 Å². The molecule has 1 saturated heterocycles. The van der Waals surface area contributed by atoms with Crippen LogP contribution in [0.1, 0.15) is 19.3 Å². The molecule has 6 heteroatoms. The molecule has 98 valence electrons.